The van der Waals surface area contributed by atoms with Gasteiger partial charge >= 0.3 is 0 Å². The first kappa shape index (κ1) is 15.8. The average molecular weight is 297 g/mol. The Kier molecular flexibility index (Phi) is 4.99. The van der Waals surface area contributed by atoms with Crippen LogP contribution in [0.2, 0.25) is 0 Å². The van der Waals surface area contributed by atoms with Crippen molar-refractivity contribution in [3.63, 3.8) is 0 Å². The van der Waals surface area contributed by atoms with Crippen LogP contribution in [0.4, 0.5) is 11.4 Å². The van der Waals surface area contributed by atoms with E-state index in [9.17, 15) is 0 Å². The van der Waals surface area contributed by atoms with Crippen LogP contribution in [0.3, 0.4) is 0 Å². The van der Waals surface area contributed by atoms with Gasteiger partial charge in [-0.1, -0.05) is 12.1 Å². The van der Waals surface area contributed by atoms with Gasteiger partial charge < -0.3 is 10.2 Å². The van der Waals surface area contributed by atoms with E-state index in [0.29, 0.717) is 0 Å². The zero-order valence-corrected chi connectivity index (χ0v) is 13.8. The first-order valence-corrected chi connectivity index (χ1v) is 7.28. The molecule has 22 heavy (non-hydrogen) atoms. The van der Waals surface area contributed by atoms with E-state index in [1.54, 1.807) is 6.20 Å². The summed E-state index contributed by atoms with van der Waals surface area (Å²) in [6.45, 7) is 5.92. The number of nitrogens with zero attached hydrogens (tertiary/aromatic N) is 3. The second-order valence-corrected chi connectivity index (χ2v) is 5.34. The molecule has 0 aliphatic heterocycles. The molecule has 2 aromatic rings. The average Bonchev–Trinajstić information content (AvgIpc) is 2.83. The molecule has 0 aliphatic rings. The number of aromatic amines is 1. The van der Waals surface area contributed by atoms with Gasteiger partial charge in [-0.05, 0) is 39.0 Å². The minimum Gasteiger partial charge on any atom is -0.378 e. The number of nitrogens with one attached hydrogen (secondary N) is 2. The van der Waals surface area contributed by atoms with Gasteiger partial charge in [0.05, 0.1) is 11.3 Å². The van der Waals surface area contributed by atoms with E-state index < -0.39 is 0 Å². The highest BCUT2D eigenvalue weighted by Crippen LogP contribution is 2.19. The Balaban J connectivity index is 2.38. The van der Waals surface area contributed by atoms with Crippen LogP contribution < -0.4 is 10.2 Å². The summed E-state index contributed by atoms with van der Waals surface area (Å²) in [5.41, 5.74) is 5.06. The molecule has 5 heteroatoms. The van der Waals surface area contributed by atoms with Gasteiger partial charge in [-0.3, -0.25) is 5.10 Å². The standard InChI is InChI=1S/C17H23N5/c1-6-10-18-17(16-12(2)20-21-13(16)3)19-14-8-7-9-15(11-14)22(4)5/h6-11H,1-5H3,(H,18,19)(H,20,21)/b10-6-. The van der Waals surface area contributed by atoms with Crippen molar-refractivity contribution < 1.29 is 0 Å². The highest BCUT2D eigenvalue weighted by molar-refractivity contribution is 6.10. The van der Waals surface area contributed by atoms with E-state index in [1.165, 1.54) is 0 Å². The van der Waals surface area contributed by atoms with Gasteiger partial charge in [-0.25, -0.2) is 4.99 Å². The predicted molar refractivity (Wildman–Crippen MR) is 93.8 cm³/mol. The summed E-state index contributed by atoms with van der Waals surface area (Å²) in [5, 5.41) is 10.7. The molecule has 2 N–H and O–H groups in total. The second-order valence-electron chi connectivity index (χ2n) is 5.34. The van der Waals surface area contributed by atoms with E-state index in [0.717, 1.165) is 34.2 Å². The SMILES string of the molecule is C/C=C\N=C(Nc1cccc(N(C)C)c1)c1c(C)n[nH]c1C. The maximum atomic E-state index is 4.53. The van der Waals surface area contributed by atoms with Gasteiger partial charge in [0.25, 0.3) is 0 Å². The van der Waals surface area contributed by atoms with Gasteiger partial charge in [0.15, 0.2) is 0 Å². The summed E-state index contributed by atoms with van der Waals surface area (Å²) >= 11 is 0. The monoisotopic (exact) mass is 297 g/mol. The Labute approximate surface area is 131 Å². The summed E-state index contributed by atoms with van der Waals surface area (Å²) < 4.78 is 0. The molecule has 1 heterocycles. The molecule has 1 aromatic carbocycles. The maximum Gasteiger partial charge on any atom is 0.141 e. The van der Waals surface area contributed by atoms with Crippen LogP contribution in [-0.2, 0) is 0 Å². The van der Waals surface area contributed by atoms with E-state index >= 15 is 0 Å². The number of hydrogen-bond acceptors (Lipinski definition) is 3. The van der Waals surface area contributed by atoms with Crippen LogP contribution in [0, 0.1) is 13.8 Å². The number of aromatic nitrogens is 2. The number of aryl methyl sites for hydroxylation is 2. The number of hydrogen-bond donors (Lipinski definition) is 2. The molecule has 0 aliphatic carbocycles. The number of benzene rings is 1. The van der Waals surface area contributed by atoms with Crippen molar-refractivity contribution >= 4 is 17.2 Å². The van der Waals surface area contributed by atoms with Crippen molar-refractivity contribution in [3.8, 4) is 0 Å². The molecule has 0 saturated heterocycles. The largest absolute Gasteiger partial charge is 0.378 e. The number of anilines is 2. The number of rotatable bonds is 4. The van der Waals surface area contributed by atoms with Crippen molar-refractivity contribution in [1.82, 2.24) is 10.2 Å². The van der Waals surface area contributed by atoms with Crippen molar-refractivity contribution in [2.45, 2.75) is 20.8 Å². The lowest BCUT2D eigenvalue weighted by atomic mass is 10.1. The summed E-state index contributed by atoms with van der Waals surface area (Å²) in [6, 6.07) is 8.22. The van der Waals surface area contributed by atoms with Crippen molar-refractivity contribution in [2.24, 2.45) is 4.99 Å². The molecule has 0 saturated carbocycles. The molecule has 5 nitrogen and oxygen atoms in total. The molecule has 0 bridgehead atoms. The predicted octanol–water partition coefficient (Wildman–Crippen LogP) is 3.48. The third kappa shape index (κ3) is 3.55. The molecule has 116 valence electrons. The van der Waals surface area contributed by atoms with Crippen LogP contribution in [0.1, 0.15) is 23.9 Å². The van der Waals surface area contributed by atoms with Crippen LogP contribution in [0.5, 0.6) is 0 Å². The van der Waals surface area contributed by atoms with Crippen LogP contribution >= 0.6 is 0 Å². The molecule has 1 aromatic heterocycles. The molecular weight excluding hydrogens is 274 g/mol. The third-order valence-corrected chi connectivity index (χ3v) is 3.34. The lowest BCUT2D eigenvalue weighted by molar-refractivity contribution is 1.02. The van der Waals surface area contributed by atoms with Crippen LogP contribution in [-0.4, -0.2) is 30.1 Å². The normalized spacial score (nSPS) is 12.0. The van der Waals surface area contributed by atoms with Gasteiger partial charge in [0, 0.05) is 37.4 Å². The zero-order valence-electron chi connectivity index (χ0n) is 13.8. The molecule has 0 fully saturated rings. The number of amidine groups is 1. The van der Waals surface area contributed by atoms with Crippen molar-refractivity contribution in [2.75, 3.05) is 24.3 Å². The molecular formula is C17H23N5. The Bertz CT molecular complexity index is 675. The highest BCUT2D eigenvalue weighted by atomic mass is 15.1. The Morgan fingerprint density at radius 1 is 1.32 bits per heavy atom. The Hall–Kier alpha value is -2.56. The first-order chi connectivity index (χ1) is 10.5. The molecule has 0 atom stereocenters. The second kappa shape index (κ2) is 6.93. The zero-order chi connectivity index (χ0) is 16.1. The maximum absolute atomic E-state index is 4.53. The van der Waals surface area contributed by atoms with Gasteiger partial charge in [-0.2, -0.15) is 5.10 Å². The minimum absolute atomic E-state index is 0.790. The summed E-state index contributed by atoms with van der Waals surface area (Å²) in [7, 11) is 4.05. The van der Waals surface area contributed by atoms with E-state index in [-0.39, 0.29) is 0 Å². The number of allylic oxidation sites excluding steroid dienone is 1. The fraction of sp³-hybridized carbons (Fsp3) is 0.294. The lowest BCUT2D eigenvalue weighted by Gasteiger charge is -2.15. The summed E-state index contributed by atoms with van der Waals surface area (Å²) in [4.78, 5) is 6.60. The van der Waals surface area contributed by atoms with Crippen LogP contribution in [0.25, 0.3) is 0 Å². The topological polar surface area (TPSA) is 56.3 Å². The quantitative estimate of drug-likeness (QED) is 0.671. The highest BCUT2D eigenvalue weighted by Gasteiger charge is 2.13. The summed E-state index contributed by atoms with van der Waals surface area (Å²) in [6.07, 6.45) is 3.69. The van der Waals surface area contributed by atoms with E-state index in [1.807, 2.05) is 53.1 Å². The first-order valence-electron chi connectivity index (χ1n) is 7.28. The van der Waals surface area contributed by atoms with E-state index in [2.05, 4.69) is 37.5 Å². The smallest absolute Gasteiger partial charge is 0.141 e. The Morgan fingerprint density at radius 3 is 2.68 bits per heavy atom. The minimum atomic E-state index is 0.790. The van der Waals surface area contributed by atoms with Crippen LogP contribution in [0.15, 0.2) is 41.5 Å². The molecule has 2 rings (SSSR count). The third-order valence-electron chi connectivity index (χ3n) is 3.34. The molecule has 0 amide bonds. The van der Waals surface area contributed by atoms with E-state index in [4.69, 9.17) is 0 Å². The van der Waals surface area contributed by atoms with Gasteiger partial charge in [0.2, 0.25) is 0 Å². The van der Waals surface area contributed by atoms with Crippen molar-refractivity contribution in [3.05, 3.63) is 53.5 Å². The Morgan fingerprint density at radius 2 is 2.09 bits per heavy atom. The van der Waals surface area contributed by atoms with Gasteiger partial charge in [-0.15, -0.1) is 0 Å². The number of H-pyrrole nitrogens is 1. The molecule has 0 radical (unpaired) electrons. The number of aliphatic imine (C=N–C) groups is 1. The lowest BCUT2D eigenvalue weighted by Crippen LogP contribution is -2.16. The molecule has 0 spiro atoms. The fourth-order valence-corrected chi connectivity index (χ4v) is 2.21. The summed E-state index contributed by atoms with van der Waals surface area (Å²) in [5.74, 6) is 0.790. The van der Waals surface area contributed by atoms with Gasteiger partial charge in [0.1, 0.15) is 5.84 Å². The van der Waals surface area contributed by atoms with Crippen molar-refractivity contribution in [1.29, 1.82) is 0 Å². The molecule has 0 unspecified atom stereocenters. The fourth-order valence-electron chi connectivity index (χ4n) is 2.21.